The highest BCUT2D eigenvalue weighted by atomic mass is 15.1. The van der Waals surface area contributed by atoms with Crippen LogP contribution in [0.25, 0.3) is 11.6 Å². The van der Waals surface area contributed by atoms with Gasteiger partial charge in [0.15, 0.2) is 0 Å². The van der Waals surface area contributed by atoms with Gasteiger partial charge in [-0.05, 0) is 79.9 Å². The second-order valence-corrected chi connectivity index (χ2v) is 8.22. The summed E-state index contributed by atoms with van der Waals surface area (Å²) in [5.74, 6) is 1.04. The van der Waals surface area contributed by atoms with Crippen molar-refractivity contribution in [1.29, 1.82) is 0 Å². The maximum Gasteiger partial charge on any atom is 0.128 e. The van der Waals surface area contributed by atoms with Crippen molar-refractivity contribution >= 4 is 23.2 Å². The van der Waals surface area contributed by atoms with E-state index < -0.39 is 0 Å². The van der Waals surface area contributed by atoms with Crippen LogP contribution < -0.4 is 10.6 Å². The fourth-order valence-corrected chi connectivity index (χ4v) is 4.44. The number of nitrogens with one attached hydrogen (secondary N) is 2. The summed E-state index contributed by atoms with van der Waals surface area (Å²) in [6.45, 7) is 4.21. The molecule has 2 aromatic carbocycles. The van der Waals surface area contributed by atoms with Crippen LogP contribution in [0.15, 0.2) is 47.5 Å². The van der Waals surface area contributed by atoms with Crippen LogP contribution in [0.4, 0.5) is 5.69 Å². The number of hydrogen-bond acceptors (Lipinski definition) is 4. The summed E-state index contributed by atoms with van der Waals surface area (Å²) in [6.07, 6.45) is 5.78. The van der Waals surface area contributed by atoms with Crippen molar-refractivity contribution in [3.8, 4) is 0 Å². The average Bonchev–Trinajstić information content (AvgIpc) is 3.39. The molecule has 2 N–H and O–H groups in total. The van der Waals surface area contributed by atoms with Crippen LogP contribution in [0.3, 0.4) is 0 Å². The predicted octanol–water partition coefficient (Wildman–Crippen LogP) is 3.64. The van der Waals surface area contributed by atoms with E-state index in [1.54, 1.807) is 0 Å². The fourth-order valence-electron chi connectivity index (χ4n) is 4.44. The molecule has 0 radical (unpaired) electrons. The van der Waals surface area contributed by atoms with Crippen LogP contribution >= 0.6 is 0 Å². The number of rotatable bonds is 4. The topological polar surface area (TPSA) is 39.7 Å². The first-order valence-electron chi connectivity index (χ1n) is 10.4. The number of benzene rings is 2. The molecule has 0 saturated carbocycles. The highest BCUT2D eigenvalue weighted by Gasteiger charge is 2.18. The monoisotopic (exact) mass is 372 g/mol. The summed E-state index contributed by atoms with van der Waals surface area (Å²) in [7, 11) is 2.21. The average molecular weight is 373 g/mol. The van der Waals surface area contributed by atoms with Crippen molar-refractivity contribution in [2.45, 2.75) is 25.3 Å². The van der Waals surface area contributed by atoms with Gasteiger partial charge >= 0.3 is 0 Å². The number of aliphatic imine (C=N–C) groups is 1. The quantitative estimate of drug-likeness (QED) is 0.861. The van der Waals surface area contributed by atoms with Gasteiger partial charge in [-0.15, -0.1) is 0 Å². The Labute approximate surface area is 167 Å². The number of fused-ring (bicyclic) bond motifs is 1. The molecule has 0 aromatic heterocycles. The smallest absolute Gasteiger partial charge is 0.128 e. The zero-order chi connectivity index (χ0) is 18.9. The number of allylic oxidation sites excluding steroid dienone is 1. The molecule has 1 fully saturated rings. The zero-order valence-electron chi connectivity index (χ0n) is 16.5. The molecule has 2 aliphatic heterocycles. The lowest BCUT2D eigenvalue weighted by atomic mass is 10.0. The molecule has 28 heavy (non-hydrogen) atoms. The summed E-state index contributed by atoms with van der Waals surface area (Å²) in [6, 6.07) is 16.3. The molecule has 5 rings (SSSR count). The molecule has 2 aromatic rings. The number of piperidine rings is 1. The van der Waals surface area contributed by atoms with Gasteiger partial charge in [-0.1, -0.05) is 30.3 Å². The van der Waals surface area contributed by atoms with E-state index in [0.717, 1.165) is 25.3 Å². The van der Waals surface area contributed by atoms with Gasteiger partial charge in [0.05, 0.1) is 6.54 Å². The van der Waals surface area contributed by atoms with E-state index in [9.17, 15) is 0 Å². The SMILES string of the molecule is CN1CCC(Nc2ccc(C3=Cc4ccc(C5=NCCN5)cc4C3)cc2)CC1. The predicted molar refractivity (Wildman–Crippen MR) is 118 cm³/mol. The van der Waals surface area contributed by atoms with E-state index in [1.165, 1.54) is 59.4 Å². The number of amidine groups is 1. The van der Waals surface area contributed by atoms with E-state index in [2.05, 4.69) is 76.1 Å². The van der Waals surface area contributed by atoms with Crippen molar-refractivity contribution in [1.82, 2.24) is 10.2 Å². The summed E-state index contributed by atoms with van der Waals surface area (Å²) in [4.78, 5) is 6.96. The molecule has 4 nitrogen and oxygen atoms in total. The van der Waals surface area contributed by atoms with Gasteiger partial charge in [0, 0.05) is 23.8 Å². The lowest BCUT2D eigenvalue weighted by molar-refractivity contribution is 0.264. The molecule has 0 atom stereocenters. The zero-order valence-corrected chi connectivity index (χ0v) is 16.5. The van der Waals surface area contributed by atoms with Crippen molar-refractivity contribution < 1.29 is 0 Å². The Morgan fingerprint density at radius 1 is 1.04 bits per heavy atom. The molecule has 0 amide bonds. The van der Waals surface area contributed by atoms with Gasteiger partial charge in [-0.25, -0.2) is 0 Å². The molecular formula is C24H28N4. The number of likely N-dealkylation sites (tertiary alicyclic amines) is 1. The normalized spacial score (nSPS) is 19.8. The highest BCUT2D eigenvalue weighted by Crippen LogP contribution is 2.33. The summed E-state index contributed by atoms with van der Waals surface area (Å²) in [5, 5.41) is 7.08. The molecule has 0 bridgehead atoms. The van der Waals surface area contributed by atoms with Gasteiger partial charge < -0.3 is 15.5 Å². The molecule has 144 valence electrons. The van der Waals surface area contributed by atoms with Gasteiger partial charge in [-0.2, -0.15) is 0 Å². The Balaban J connectivity index is 1.26. The minimum Gasteiger partial charge on any atom is -0.382 e. The lowest BCUT2D eigenvalue weighted by Gasteiger charge is -2.30. The second-order valence-electron chi connectivity index (χ2n) is 8.22. The maximum atomic E-state index is 4.55. The Morgan fingerprint density at radius 3 is 2.57 bits per heavy atom. The molecule has 4 heteroatoms. The number of anilines is 1. The minimum absolute atomic E-state index is 0.600. The van der Waals surface area contributed by atoms with Crippen LogP contribution in [0.1, 0.15) is 35.1 Å². The van der Waals surface area contributed by atoms with Gasteiger partial charge in [0.2, 0.25) is 0 Å². The van der Waals surface area contributed by atoms with Crippen molar-refractivity contribution in [2.24, 2.45) is 4.99 Å². The third-order valence-electron chi connectivity index (χ3n) is 6.15. The second kappa shape index (κ2) is 7.44. The van der Waals surface area contributed by atoms with E-state index in [0.29, 0.717) is 6.04 Å². The molecule has 0 unspecified atom stereocenters. The molecule has 3 aliphatic rings. The van der Waals surface area contributed by atoms with Gasteiger partial charge in [0.1, 0.15) is 5.84 Å². The third-order valence-corrected chi connectivity index (χ3v) is 6.15. The van der Waals surface area contributed by atoms with Crippen molar-refractivity contribution in [2.75, 3.05) is 38.5 Å². The third kappa shape index (κ3) is 3.57. The Hall–Kier alpha value is -2.59. The van der Waals surface area contributed by atoms with Crippen LogP contribution in [0.2, 0.25) is 0 Å². The van der Waals surface area contributed by atoms with Crippen molar-refractivity contribution in [3.05, 3.63) is 64.7 Å². The Bertz CT molecular complexity index is 918. The van der Waals surface area contributed by atoms with Crippen LogP contribution in [0, 0.1) is 0 Å². The first kappa shape index (κ1) is 17.5. The fraction of sp³-hybridized carbons (Fsp3) is 0.375. The lowest BCUT2D eigenvalue weighted by Crippen LogP contribution is -2.36. The largest absolute Gasteiger partial charge is 0.382 e. The van der Waals surface area contributed by atoms with Crippen LogP contribution in [-0.4, -0.2) is 50.0 Å². The van der Waals surface area contributed by atoms with Gasteiger partial charge in [-0.3, -0.25) is 4.99 Å². The van der Waals surface area contributed by atoms with E-state index in [-0.39, 0.29) is 0 Å². The highest BCUT2D eigenvalue weighted by molar-refractivity contribution is 6.01. The van der Waals surface area contributed by atoms with Gasteiger partial charge in [0.25, 0.3) is 0 Å². The Morgan fingerprint density at radius 2 is 1.82 bits per heavy atom. The molecule has 0 spiro atoms. The molecule has 2 heterocycles. The number of hydrogen-bond donors (Lipinski definition) is 2. The standard InChI is InChI=1S/C24H28N4/c1-28-12-8-23(9-13-28)27-22-6-4-17(5-7-22)20-14-18-2-3-19(15-21(18)16-20)24-25-10-11-26-24/h2-7,14-15,23,27H,8-13,16H2,1H3,(H,25,26). The van der Waals surface area contributed by atoms with E-state index in [1.807, 2.05) is 0 Å². The molecule has 1 aliphatic carbocycles. The molecule has 1 saturated heterocycles. The Kier molecular flexibility index (Phi) is 4.65. The van der Waals surface area contributed by atoms with E-state index in [4.69, 9.17) is 0 Å². The summed E-state index contributed by atoms with van der Waals surface area (Å²) >= 11 is 0. The summed E-state index contributed by atoms with van der Waals surface area (Å²) < 4.78 is 0. The van der Waals surface area contributed by atoms with Crippen molar-refractivity contribution in [3.63, 3.8) is 0 Å². The minimum atomic E-state index is 0.600. The molecular weight excluding hydrogens is 344 g/mol. The first-order valence-corrected chi connectivity index (χ1v) is 10.4. The van der Waals surface area contributed by atoms with Crippen LogP contribution in [-0.2, 0) is 6.42 Å². The van der Waals surface area contributed by atoms with Crippen LogP contribution in [0.5, 0.6) is 0 Å². The van der Waals surface area contributed by atoms with E-state index >= 15 is 0 Å². The number of nitrogens with zero attached hydrogens (tertiary/aromatic N) is 2. The maximum absolute atomic E-state index is 4.55. The summed E-state index contributed by atoms with van der Waals surface area (Å²) in [5.41, 5.74) is 7.91. The first-order chi connectivity index (χ1) is 13.7.